The molecular weight excluding hydrogens is 222 g/mol. The van der Waals surface area contributed by atoms with E-state index in [-0.39, 0.29) is 6.04 Å². The average molecular weight is 241 g/mol. The third-order valence-electron chi connectivity index (χ3n) is 2.85. The predicted octanol–water partition coefficient (Wildman–Crippen LogP) is 3.52. The molecule has 0 saturated carbocycles. The van der Waals surface area contributed by atoms with Crippen LogP contribution in [0.1, 0.15) is 30.5 Å². The summed E-state index contributed by atoms with van der Waals surface area (Å²) in [5.74, 6) is 0.890. The van der Waals surface area contributed by atoms with E-state index in [0.29, 0.717) is 0 Å². The van der Waals surface area contributed by atoms with Gasteiger partial charge < -0.3 is 10.5 Å². The zero-order valence-electron chi connectivity index (χ0n) is 10.7. The van der Waals surface area contributed by atoms with Crippen molar-refractivity contribution in [2.24, 2.45) is 5.73 Å². The van der Waals surface area contributed by atoms with Gasteiger partial charge in [-0.05, 0) is 29.7 Å². The first-order valence-corrected chi connectivity index (χ1v) is 6.34. The van der Waals surface area contributed by atoms with E-state index in [4.69, 9.17) is 10.5 Å². The highest BCUT2D eigenvalue weighted by Crippen LogP contribution is 2.23. The smallest absolute Gasteiger partial charge is 0.119 e. The summed E-state index contributed by atoms with van der Waals surface area (Å²) in [5, 5.41) is 0. The Morgan fingerprint density at radius 1 is 1.00 bits per heavy atom. The zero-order chi connectivity index (χ0) is 12.8. The molecule has 0 aliphatic carbocycles. The molecule has 0 radical (unpaired) electrons. The molecule has 0 saturated heterocycles. The summed E-state index contributed by atoms with van der Waals surface area (Å²) in [5.41, 5.74) is 8.45. The zero-order valence-corrected chi connectivity index (χ0v) is 10.7. The molecule has 2 nitrogen and oxygen atoms in total. The average Bonchev–Trinajstić information content (AvgIpc) is 2.45. The maximum Gasteiger partial charge on any atom is 0.119 e. The number of hydrogen-bond acceptors (Lipinski definition) is 2. The van der Waals surface area contributed by atoms with Crippen LogP contribution in [0.5, 0.6) is 5.75 Å². The van der Waals surface area contributed by atoms with Gasteiger partial charge >= 0.3 is 0 Å². The van der Waals surface area contributed by atoms with Gasteiger partial charge in [0.1, 0.15) is 5.75 Å². The Balaban J connectivity index is 2.17. The van der Waals surface area contributed by atoms with E-state index in [1.165, 1.54) is 0 Å². The normalized spacial score (nSPS) is 12.1. The van der Waals surface area contributed by atoms with E-state index in [1.54, 1.807) is 0 Å². The summed E-state index contributed by atoms with van der Waals surface area (Å²) >= 11 is 0. The lowest BCUT2D eigenvalue weighted by Crippen LogP contribution is -2.11. The highest BCUT2D eigenvalue weighted by molar-refractivity contribution is 5.36. The molecule has 0 heterocycles. The lowest BCUT2D eigenvalue weighted by molar-refractivity contribution is 0.317. The summed E-state index contributed by atoms with van der Waals surface area (Å²) in [6, 6.07) is 18.0. The van der Waals surface area contributed by atoms with Gasteiger partial charge in [0.05, 0.1) is 12.6 Å². The number of rotatable bonds is 5. The highest BCUT2D eigenvalue weighted by Gasteiger charge is 2.08. The van der Waals surface area contributed by atoms with Gasteiger partial charge in [0.25, 0.3) is 0 Å². The van der Waals surface area contributed by atoms with Crippen molar-refractivity contribution in [3.8, 4) is 5.75 Å². The summed E-state index contributed by atoms with van der Waals surface area (Å²) in [6.45, 7) is 2.84. The molecule has 0 spiro atoms. The monoisotopic (exact) mass is 241 g/mol. The lowest BCUT2D eigenvalue weighted by atomic mass is 10.00. The van der Waals surface area contributed by atoms with Crippen molar-refractivity contribution in [2.75, 3.05) is 6.61 Å². The van der Waals surface area contributed by atoms with Crippen molar-refractivity contribution in [1.29, 1.82) is 0 Å². The largest absolute Gasteiger partial charge is 0.494 e. The Labute approximate surface area is 108 Å². The molecule has 94 valence electrons. The standard InChI is InChI=1S/C16H19NO/c1-2-11-18-15-10-6-9-14(12-15)16(17)13-7-4-3-5-8-13/h3-10,12,16H,2,11,17H2,1H3. The van der Waals surface area contributed by atoms with Gasteiger partial charge in [0, 0.05) is 0 Å². The molecule has 18 heavy (non-hydrogen) atoms. The molecule has 2 N–H and O–H groups in total. The van der Waals surface area contributed by atoms with Crippen LogP contribution in [0, 0.1) is 0 Å². The Morgan fingerprint density at radius 2 is 1.72 bits per heavy atom. The molecule has 0 aliphatic heterocycles. The minimum absolute atomic E-state index is 0.101. The van der Waals surface area contributed by atoms with E-state index in [9.17, 15) is 0 Å². The van der Waals surface area contributed by atoms with Crippen molar-refractivity contribution in [1.82, 2.24) is 0 Å². The van der Waals surface area contributed by atoms with Crippen molar-refractivity contribution in [3.05, 3.63) is 65.7 Å². The van der Waals surface area contributed by atoms with E-state index >= 15 is 0 Å². The Bertz CT molecular complexity index is 481. The van der Waals surface area contributed by atoms with E-state index in [1.807, 2.05) is 54.6 Å². The van der Waals surface area contributed by atoms with Gasteiger partial charge in [-0.3, -0.25) is 0 Å². The first kappa shape index (κ1) is 12.7. The first-order valence-electron chi connectivity index (χ1n) is 6.34. The van der Waals surface area contributed by atoms with Crippen molar-refractivity contribution < 1.29 is 4.74 Å². The Kier molecular flexibility index (Phi) is 4.37. The van der Waals surface area contributed by atoms with Gasteiger partial charge in [0.2, 0.25) is 0 Å². The minimum Gasteiger partial charge on any atom is -0.494 e. The van der Waals surface area contributed by atoms with Gasteiger partial charge in [-0.2, -0.15) is 0 Å². The van der Waals surface area contributed by atoms with Gasteiger partial charge in [-0.15, -0.1) is 0 Å². The van der Waals surface area contributed by atoms with Crippen LogP contribution in [0.15, 0.2) is 54.6 Å². The van der Waals surface area contributed by atoms with E-state index in [0.717, 1.165) is 29.9 Å². The van der Waals surface area contributed by atoms with Crippen LogP contribution in [0.3, 0.4) is 0 Å². The first-order chi connectivity index (χ1) is 8.81. The van der Waals surface area contributed by atoms with Crippen molar-refractivity contribution in [2.45, 2.75) is 19.4 Å². The fraction of sp³-hybridized carbons (Fsp3) is 0.250. The summed E-state index contributed by atoms with van der Waals surface area (Å²) in [7, 11) is 0. The summed E-state index contributed by atoms with van der Waals surface area (Å²) in [6.07, 6.45) is 1.01. The van der Waals surface area contributed by atoms with E-state index in [2.05, 4.69) is 6.92 Å². The fourth-order valence-corrected chi connectivity index (χ4v) is 1.87. The molecule has 1 unspecified atom stereocenters. The SMILES string of the molecule is CCCOc1cccc(C(N)c2ccccc2)c1. The van der Waals surface area contributed by atoms with Crippen LogP contribution in [-0.2, 0) is 0 Å². The topological polar surface area (TPSA) is 35.2 Å². The molecule has 0 fully saturated rings. The molecule has 2 aromatic carbocycles. The van der Waals surface area contributed by atoms with Gasteiger partial charge in [-0.1, -0.05) is 49.4 Å². The predicted molar refractivity (Wildman–Crippen MR) is 74.7 cm³/mol. The molecule has 2 aromatic rings. The molecule has 0 amide bonds. The van der Waals surface area contributed by atoms with Crippen molar-refractivity contribution in [3.63, 3.8) is 0 Å². The molecule has 0 bridgehead atoms. The second-order valence-electron chi connectivity index (χ2n) is 4.31. The fourth-order valence-electron chi connectivity index (χ4n) is 1.87. The third-order valence-corrected chi connectivity index (χ3v) is 2.85. The quantitative estimate of drug-likeness (QED) is 0.869. The van der Waals surface area contributed by atoms with Crippen LogP contribution in [0.2, 0.25) is 0 Å². The molecule has 1 atom stereocenters. The van der Waals surface area contributed by atoms with Gasteiger partial charge in [-0.25, -0.2) is 0 Å². The molecule has 2 rings (SSSR count). The Morgan fingerprint density at radius 3 is 2.44 bits per heavy atom. The van der Waals surface area contributed by atoms with Crippen molar-refractivity contribution >= 4 is 0 Å². The lowest BCUT2D eigenvalue weighted by Gasteiger charge is -2.14. The minimum atomic E-state index is -0.101. The van der Waals surface area contributed by atoms with Crippen LogP contribution < -0.4 is 10.5 Å². The molecular formula is C16H19NO. The highest BCUT2D eigenvalue weighted by atomic mass is 16.5. The maximum absolute atomic E-state index is 6.26. The second-order valence-corrected chi connectivity index (χ2v) is 4.31. The van der Waals surface area contributed by atoms with Crippen LogP contribution in [-0.4, -0.2) is 6.61 Å². The number of benzene rings is 2. The number of hydrogen-bond donors (Lipinski definition) is 1. The van der Waals surface area contributed by atoms with Crippen LogP contribution >= 0.6 is 0 Å². The molecule has 0 aromatic heterocycles. The molecule has 2 heteroatoms. The maximum atomic E-state index is 6.26. The second kappa shape index (κ2) is 6.22. The summed E-state index contributed by atoms with van der Waals surface area (Å²) < 4.78 is 5.63. The third kappa shape index (κ3) is 3.11. The molecule has 0 aliphatic rings. The van der Waals surface area contributed by atoms with Crippen LogP contribution in [0.4, 0.5) is 0 Å². The van der Waals surface area contributed by atoms with Crippen LogP contribution in [0.25, 0.3) is 0 Å². The summed E-state index contributed by atoms with van der Waals surface area (Å²) in [4.78, 5) is 0. The Hall–Kier alpha value is -1.80. The number of nitrogens with two attached hydrogens (primary N) is 1. The van der Waals surface area contributed by atoms with Gasteiger partial charge in [0.15, 0.2) is 0 Å². The number of ether oxygens (including phenoxy) is 1. The van der Waals surface area contributed by atoms with E-state index < -0.39 is 0 Å².